The second-order valence-corrected chi connectivity index (χ2v) is 4.23. The number of carbonyl (C=O) groups excluding carboxylic acids is 1. The summed E-state index contributed by atoms with van der Waals surface area (Å²) in [4.78, 5) is 21.1. The van der Waals surface area contributed by atoms with Gasteiger partial charge in [-0.15, -0.1) is 0 Å². The Balaban J connectivity index is 3.00. The van der Waals surface area contributed by atoms with Crippen molar-refractivity contribution in [2.24, 2.45) is 0 Å². The van der Waals surface area contributed by atoms with E-state index in [4.69, 9.17) is 0 Å². The predicted molar refractivity (Wildman–Crippen MR) is 68.3 cm³/mol. The molecule has 0 saturated heterocycles. The van der Waals surface area contributed by atoms with Crippen molar-refractivity contribution in [1.29, 1.82) is 0 Å². The highest BCUT2D eigenvalue weighted by Gasteiger charge is 2.17. The quantitative estimate of drug-likeness (QED) is 0.488. The maximum Gasteiger partial charge on any atom is 0.293 e. The topological polar surface area (TPSA) is 84.3 Å². The van der Waals surface area contributed by atoms with Crippen molar-refractivity contribution in [1.82, 2.24) is 5.32 Å². The maximum atomic E-state index is 13.3. The van der Waals surface area contributed by atoms with Crippen molar-refractivity contribution in [2.45, 2.75) is 0 Å². The van der Waals surface area contributed by atoms with Crippen LogP contribution in [0.4, 0.5) is 15.8 Å². The largest absolute Gasteiger partial charge is 0.370 e. The Labute approximate surface area is 110 Å². The zero-order chi connectivity index (χ0) is 13.0. The summed E-state index contributed by atoms with van der Waals surface area (Å²) in [5, 5.41) is 15.6. The van der Waals surface area contributed by atoms with Gasteiger partial charge in [-0.05, 0) is 22.6 Å². The monoisotopic (exact) mass is 353 g/mol. The first kappa shape index (κ1) is 13.6. The molecule has 0 unspecified atom stereocenters. The molecule has 1 rings (SSSR count). The number of amides is 1. The minimum Gasteiger partial charge on any atom is -0.370 e. The molecule has 0 heterocycles. The normalized spacial score (nSPS) is 9.82. The molecule has 1 aromatic rings. The van der Waals surface area contributed by atoms with Crippen LogP contribution in [0.2, 0.25) is 0 Å². The highest BCUT2D eigenvalue weighted by molar-refractivity contribution is 14.1. The van der Waals surface area contributed by atoms with Gasteiger partial charge in [0, 0.05) is 19.2 Å². The number of benzene rings is 1. The number of nitrogens with one attached hydrogen (secondary N) is 2. The zero-order valence-electron chi connectivity index (χ0n) is 8.79. The van der Waals surface area contributed by atoms with Crippen LogP contribution < -0.4 is 10.6 Å². The van der Waals surface area contributed by atoms with Gasteiger partial charge in [0.25, 0.3) is 5.69 Å². The van der Waals surface area contributed by atoms with Crippen molar-refractivity contribution >= 4 is 39.9 Å². The number of nitrogens with zero attached hydrogens (tertiary/aromatic N) is 1. The fraction of sp³-hybridized carbons (Fsp3) is 0.222. The third-order valence-electron chi connectivity index (χ3n) is 1.95. The molecule has 0 spiro atoms. The second-order valence-electron chi connectivity index (χ2n) is 3.07. The van der Waals surface area contributed by atoms with Gasteiger partial charge in [-0.2, -0.15) is 0 Å². The number of hydrogen-bond donors (Lipinski definition) is 2. The SMILES string of the molecule is CNC(=O)CNc1cc(F)c(I)cc1[N+](=O)[O-]. The van der Waals surface area contributed by atoms with Gasteiger partial charge in [0.2, 0.25) is 5.91 Å². The Hall–Kier alpha value is -1.45. The molecule has 0 saturated carbocycles. The van der Waals surface area contributed by atoms with Gasteiger partial charge < -0.3 is 10.6 Å². The minimum atomic E-state index is -0.631. The number of nitro benzene ring substituents is 1. The van der Waals surface area contributed by atoms with E-state index in [1.807, 2.05) is 0 Å². The molecule has 2 N–H and O–H groups in total. The number of likely N-dealkylation sites (N-methyl/N-ethyl adjacent to an activating group) is 1. The Kier molecular flexibility index (Phi) is 4.61. The summed E-state index contributed by atoms with van der Waals surface area (Å²) in [6.45, 7) is -0.155. The summed E-state index contributed by atoms with van der Waals surface area (Å²) in [5.74, 6) is -0.922. The van der Waals surface area contributed by atoms with E-state index >= 15 is 0 Å². The Bertz CT molecular complexity index is 467. The van der Waals surface area contributed by atoms with Gasteiger partial charge in [0.05, 0.1) is 15.0 Å². The first-order valence-corrected chi connectivity index (χ1v) is 5.61. The summed E-state index contributed by atoms with van der Waals surface area (Å²) < 4.78 is 13.4. The molecule has 0 fully saturated rings. The number of rotatable bonds is 4. The van der Waals surface area contributed by atoms with E-state index in [0.717, 1.165) is 12.1 Å². The van der Waals surface area contributed by atoms with Crippen molar-refractivity contribution < 1.29 is 14.1 Å². The molecule has 92 valence electrons. The third-order valence-corrected chi connectivity index (χ3v) is 2.78. The van der Waals surface area contributed by atoms with Gasteiger partial charge in [0.15, 0.2) is 0 Å². The van der Waals surface area contributed by atoms with E-state index in [-0.39, 0.29) is 27.4 Å². The van der Waals surface area contributed by atoms with Gasteiger partial charge in [0.1, 0.15) is 11.5 Å². The molecule has 0 radical (unpaired) electrons. The number of carbonyl (C=O) groups is 1. The van der Waals surface area contributed by atoms with Crippen LogP contribution in [0.5, 0.6) is 0 Å². The molecule has 0 aliphatic rings. The smallest absolute Gasteiger partial charge is 0.293 e. The van der Waals surface area contributed by atoms with Crippen molar-refractivity contribution in [3.8, 4) is 0 Å². The standard InChI is InChI=1S/C9H9FIN3O3/c1-12-9(15)4-13-7-2-5(10)6(11)3-8(7)14(16)17/h2-3,13H,4H2,1H3,(H,12,15). The fourth-order valence-corrected chi connectivity index (χ4v) is 1.54. The van der Waals surface area contributed by atoms with Crippen LogP contribution in [-0.4, -0.2) is 24.4 Å². The molecule has 6 nitrogen and oxygen atoms in total. The summed E-state index contributed by atoms with van der Waals surface area (Å²) in [6, 6.07) is 2.12. The number of halogens is 2. The Morgan fingerprint density at radius 2 is 2.24 bits per heavy atom. The van der Waals surface area contributed by atoms with Gasteiger partial charge in [-0.1, -0.05) is 0 Å². The van der Waals surface area contributed by atoms with E-state index < -0.39 is 10.7 Å². The maximum absolute atomic E-state index is 13.3. The Morgan fingerprint density at radius 3 is 2.76 bits per heavy atom. The number of hydrogen-bond acceptors (Lipinski definition) is 4. The molecule has 0 aliphatic carbocycles. The first-order valence-electron chi connectivity index (χ1n) is 4.53. The van der Waals surface area contributed by atoms with E-state index in [1.54, 1.807) is 22.6 Å². The number of nitro groups is 1. The lowest BCUT2D eigenvalue weighted by Gasteiger charge is -2.07. The average Bonchev–Trinajstić information content (AvgIpc) is 2.29. The van der Waals surface area contributed by atoms with Crippen molar-refractivity contribution in [2.75, 3.05) is 18.9 Å². The summed E-state index contributed by atoms with van der Waals surface area (Å²) >= 11 is 1.66. The van der Waals surface area contributed by atoms with Crippen molar-refractivity contribution in [3.63, 3.8) is 0 Å². The molecule has 17 heavy (non-hydrogen) atoms. The van der Waals surface area contributed by atoms with Crippen LogP contribution in [0.3, 0.4) is 0 Å². The molecule has 0 atom stereocenters. The third kappa shape index (κ3) is 3.51. The van der Waals surface area contributed by atoms with Crippen LogP contribution in [-0.2, 0) is 4.79 Å². The minimum absolute atomic E-state index is 0.0171. The Morgan fingerprint density at radius 1 is 1.59 bits per heavy atom. The molecule has 0 aromatic heterocycles. The molecule has 0 aliphatic heterocycles. The van der Waals surface area contributed by atoms with Crippen molar-refractivity contribution in [3.05, 3.63) is 31.6 Å². The highest BCUT2D eigenvalue weighted by atomic mass is 127. The van der Waals surface area contributed by atoms with E-state index in [1.165, 1.54) is 7.05 Å². The first-order chi connectivity index (χ1) is 7.95. The summed E-state index contributed by atoms with van der Waals surface area (Å²) in [6.07, 6.45) is 0. The molecular weight excluding hydrogens is 344 g/mol. The molecule has 1 aromatic carbocycles. The lowest BCUT2D eigenvalue weighted by molar-refractivity contribution is -0.384. The van der Waals surface area contributed by atoms with Crippen LogP contribution in [0.25, 0.3) is 0 Å². The highest BCUT2D eigenvalue weighted by Crippen LogP contribution is 2.28. The van der Waals surface area contributed by atoms with Gasteiger partial charge in [-0.3, -0.25) is 14.9 Å². The zero-order valence-corrected chi connectivity index (χ0v) is 10.9. The molecule has 1 amide bonds. The summed E-state index contributed by atoms with van der Waals surface area (Å²) in [7, 11) is 1.44. The number of anilines is 1. The lowest BCUT2D eigenvalue weighted by Crippen LogP contribution is -2.26. The summed E-state index contributed by atoms with van der Waals surface area (Å²) in [5.41, 5.74) is -0.281. The second kappa shape index (κ2) is 5.75. The van der Waals surface area contributed by atoms with Crippen LogP contribution in [0, 0.1) is 19.5 Å². The van der Waals surface area contributed by atoms with E-state index in [2.05, 4.69) is 10.6 Å². The van der Waals surface area contributed by atoms with Crippen LogP contribution in [0.1, 0.15) is 0 Å². The average molecular weight is 353 g/mol. The fourth-order valence-electron chi connectivity index (χ4n) is 1.09. The van der Waals surface area contributed by atoms with Crippen LogP contribution >= 0.6 is 22.6 Å². The molecule has 8 heteroatoms. The molecule has 0 bridgehead atoms. The van der Waals surface area contributed by atoms with Gasteiger partial charge in [-0.25, -0.2) is 4.39 Å². The van der Waals surface area contributed by atoms with E-state index in [0.29, 0.717) is 0 Å². The van der Waals surface area contributed by atoms with Gasteiger partial charge >= 0.3 is 0 Å². The van der Waals surface area contributed by atoms with E-state index in [9.17, 15) is 19.3 Å². The molecular formula is C9H9FIN3O3. The van der Waals surface area contributed by atoms with Crippen LogP contribution in [0.15, 0.2) is 12.1 Å². The predicted octanol–water partition coefficient (Wildman–Crippen LogP) is 1.50. The lowest BCUT2D eigenvalue weighted by atomic mass is 10.2.